The summed E-state index contributed by atoms with van der Waals surface area (Å²) in [5.41, 5.74) is -0.785. The molecule has 1 amide bonds. The third kappa shape index (κ3) is 6.81. The quantitative estimate of drug-likeness (QED) is 0.652. The number of ether oxygens (including phenoxy) is 1. The lowest BCUT2D eigenvalue weighted by Crippen LogP contribution is -2.55. The Labute approximate surface area is 152 Å². The van der Waals surface area contributed by atoms with E-state index in [2.05, 4.69) is 58.8 Å². The van der Waals surface area contributed by atoms with Crippen LogP contribution >= 0.6 is 27.3 Å². The Balaban J connectivity index is 2.67. The summed E-state index contributed by atoms with van der Waals surface area (Å²) >= 11 is 5.21. The maximum absolute atomic E-state index is 12.1. The van der Waals surface area contributed by atoms with Crippen molar-refractivity contribution in [3.63, 3.8) is 0 Å². The lowest BCUT2D eigenvalue weighted by Gasteiger charge is -2.35. The Kier molecular flexibility index (Phi) is 7.55. The van der Waals surface area contributed by atoms with Gasteiger partial charge in [0.15, 0.2) is 0 Å². The maximum atomic E-state index is 12.1. The summed E-state index contributed by atoms with van der Waals surface area (Å²) in [5, 5.41) is 8.69. The van der Waals surface area contributed by atoms with E-state index in [0.717, 1.165) is 17.3 Å². The second-order valence-corrected chi connectivity index (χ2v) is 8.74. The summed E-state index contributed by atoms with van der Waals surface area (Å²) < 4.78 is 6.52. The van der Waals surface area contributed by atoms with Crippen molar-refractivity contribution in [2.75, 3.05) is 6.54 Å². The summed E-state index contributed by atoms with van der Waals surface area (Å²) in [7, 11) is 0. The molecule has 0 fully saturated rings. The van der Waals surface area contributed by atoms with Gasteiger partial charge in [0.05, 0.1) is 5.54 Å². The molecule has 1 unspecified atom stereocenters. The SMILES string of the molecule is CCC(CC)(CNC(C)c1cc(Br)cs1)NC(=O)OC(C)(C)C. The molecule has 0 saturated carbocycles. The summed E-state index contributed by atoms with van der Waals surface area (Å²) in [6.45, 7) is 12.7. The third-order valence-electron chi connectivity index (χ3n) is 3.88. The molecular weight excluding hydrogens is 376 g/mol. The fourth-order valence-electron chi connectivity index (χ4n) is 2.25. The third-order valence-corrected chi connectivity index (χ3v) is 5.76. The maximum Gasteiger partial charge on any atom is 0.408 e. The van der Waals surface area contributed by atoms with Gasteiger partial charge < -0.3 is 15.4 Å². The van der Waals surface area contributed by atoms with Gasteiger partial charge in [0.1, 0.15) is 5.60 Å². The summed E-state index contributed by atoms with van der Waals surface area (Å²) in [5.74, 6) is 0. The van der Waals surface area contributed by atoms with Crippen LogP contribution in [0.3, 0.4) is 0 Å². The molecule has 4 nitrogen and oxygen atoms in total. The molecular formula is C17H29BrN2O2S. The number of alkyl carbamates (subject to hydrolysis) is 1. The number of hydrogen-bond acceptors (Lipinski definition) is 4. The average molecular weight is 405 g/mol. The van der Waals surface area contributed by atoms with Crippen LogP contribution in [0.1, 0.15) is 65.3 Å². The Morgan fingerprint density at radius 3 is 2.39 bits per heavy atom. The first kappa shape index (κ1) is 20.5. The van der Waals surface area contributed by atoms with E-state index in [1.165, 1.54) is 4.88 Å². The predicted molar refractivity (Wildman–Crippen MR) is 101 cm³/mol. The first-order valence-corrected chi connectivity index (χ1v) is 9.76. The summed E-state index contributed by atoms with van der Waals surface area (Å²) in [6.07, 6.45) is 1.34. The second kappa shape index (κ2) is 8.49. The monoisotopic (exact) mass is 404 g/mol. The minimum atomic E-state index is -0.485. The van der Waals surface area contributed by atoms with Gasteiger partial charge in [0, 0.05) is 27.3 Å². The van der Waals surface area contributed by atoms with Crippen LogP contribution in [-0.2, 0) is 4.74 Å². The number of thiophene rings is 1. The number of carbonyl (C=O) groups is 1. The molecule has 0 saturated heterocycles. The molecule has 23 heavy (non-hydrogen) atoms. The molecule has 2 N–H and O–H groups in total. The van der Waals surface area contributed by atoms with Crippen LogP contribution in [0.2, 0.25) is 0 Å². The molecule has 1 heterocycles. The molecule has 0 aliphatic heterocycles. The predicted octanol–water partition coefficient (Wildman–Crippen LogP) is 5.24. The molecule has 1 rings (SSSR count). The molecule has 0 aliphatic carbocycles. The van der Waals surface area contributed by atoms with E-state index in [1.54, 1.807) is 11.3 Å². The van der Waals surface area contributed by atoms with Gasteiger partial charge in [0.2, 0.25) is 0 Å². The van der Waals surface area contributed by atoms with Crippen LogP contribution in [0.15, 0.2) is 15.9 Å². The second-order valence-electron chi connectivity index (χ2n) is 6.88. The van der Waals surface area contributed by atoms with Crippen molar-refractivity contribution in [1.82, 2.24) is 10.6 Å². The van der Waals surface area contributed by atoms with Gasteiger partial charge in [-0.2, -0.15) is 0 Å². The minimum Gasteiger partial charge on any atom is -0.444 e. The smallest absolute Gasteiger partial charge is 0.408 e. The zero-order valence-corrected chi connectivity index (χ0v) is 17.4. The van der Waals surface area contributed by atoms with Gasteiger partial charge >= 0.3 is 6.09 Å². The standard InChI is InChI=1S/C17H29BrN2O2S/c1-7-17(8-2,20-15(21)22-16(4,5)6)11-19-12(3)14-9-13(18)10-23-14/h9-10,12,19H,7-8,11H2,1-6H3,(H,20,21). The number of carbonyl (C=O) groups excluding carboxylic acids is 1. The Bertz CT molecular complexity index is 507. The van der Waals surface area contributed by atoms with E-state index in [-0.39, 0.29) is 17.7 Å². The molecule has 132 valence electrons. The summed E-state index contributed by atoms with van der Waals surface area (Å²) in [4.78, 5) is 13.4. The van der Waals surface area contributed by atoms with Gasteiger partial charge in [-0.15, -0.1) is 11.3 Å². The Hall–Kier alpha value is -0.590. The van der Waals surface area contributed by atoms with Gasteiger partial charge in [-0.25, -0.2) is 4.79 Å². The number of nitrogens with one attached hydrogen (secondary N) is 2. The number of halogens is 1. The molecule has 1 aromatic heterocycles. The van der Waals surface area contributed by atoms with Crippen LogP contribution in [0.4, 0.5) is 4.79 Å². The highest BCUT2D eigenvalue weighted by Gasteiger charge is 2.30. The van der Waals surface area contributed by atoms with Crippen molar-refractivity contribution < 1.29 is 9.53 Å². The molecule has 6 heteroatoms. The van der Waals surface area contributed by atoms with Gasteiger partial charge in [-0.05, 0) is 62.5 Å². The number of hydrogen-bond donors (Lipinski definition) is 2. The van der Waals surface area contributed by atoms with Crippen molar-refractivity contribution in [2.45, 2.75) is 71.6 Å². The minimum absolute atomic E-state index is 0.240. The largest absolute Gasteiger partial charge is 0.444 e. The van der Waals surface area contributed by atoms with Gasteiger partial charge in [-0.3, -0.25) is 0 Å². The van der Waals surface area contributed by atoms with Crippen LogP contribution in [-0.4, -0.2) is 23.8 Å². The van der Waals surface area contributed by atoms with E-state index in [1.807, 2.05) is 20.8 Å². The number of rotatable bonds is 7. The van der Waals surface area contributed by atoms with E-state index in [4.69, 9.17) is 4.74 Å². The molecule has 0 aliphatic rings. The lowest BCUT2D eigenvalue weighted by molar-refractivity contribution is 0.0444. The highest BCUT2D eigenvalue weighted by molar-refractivity contribution is 9.10. The Morgan fingerprint density at radius 2 is 1.96 bits per heavy atom. The topological polar surface area (TPSA) is 50.4 Å². The first-order chi connectivity index (χ1) is 10.6. The zero-order valence-electron chi connectivity index (χ0n) is 15.0. The number of amides is 1. The Morgan fingerprint density at radius 1 is 1.35 bits per heavy atom. The van der Waals surface area contributed by atoms with Crippen molar-refractivity contribution >= 4 is 33.4 Å². The highest BCUT2D eigenvalue weighted by atomic mass is 79.9. The van der Waals surface area contributed by atoms with E-state index >= 15 is 0 Å². The fourth-order valence-corrected chi connectivity index (χ4v) is 3.72. The average Bonchev–Trinajstić information content (AvgIpc) is 2.88. The molecule has 0 spiro atoms. The molecule has 0 radical (unpaired) electrons. The van der Waals surface area contributed by atoms with E-state index in [9.17, 15) is 4.79 Å². The zero-order chi connectivity index (χ0) is 17.7. The van der Waals surface area contributed by atoms with E-state index < -0.39 is 5.60 Å². The normalized spacial score (nSPS) is 13.7. The van der Waals surface area contributed by atoms with E-state index in [0.29, 0.717) is 6.54 Å². The lowest BCUT2D eigenvalue weighted by atomic mass is 9.92. The fraction of sp³-hybridized carbons (Fsp3) is 0.706. The van der Waals surface area contributed by atoms with Crippen molar-refractivity contribution in [2.24, 2.45) is 0 Å². The molecule has 0 bridgehead atoms. The van der Waals surface area contributed by atoms with Crippen LogP contribution in [0, 0.1) is 0 Å². The van der Waals surface area contributed by atoms with Crippen molar-refractivity contribution in [3.05, 3.63) is 20.8 Å². The van der Waals surface area contributed by atoms with Crippen molar-refractivity contribution in [1.29, 1.82) is 0 Å². The van der Waals surface area contributed by atoms with Crippen LogP contribution in [0.5, 0.6) is 0 Å². The van der Waals surface area contributed by atoms with Crippen LogP contribution in [0.25, 0.3) is 0 Å². The summed E-state index contributed by atoms with van der Waals surface area (Å²) in [6, 6.07) is 2.37. The molecule has 1 atom stereocenters. The van der Waals surface area contributed by atoms with Gasteiger partial charge in [-0.1, -0.05) is 13.8 Å². The molecule has 1 aromatic rings. The van der Waals surface area contributed by atoms with Crippen molar-refractivity contribution in [3.8, 4) is 0 Å². The first-order valence-electron chi connectivity index (χ1n) is 8.09. The highest BCUT2D eigenvalue weighted by Crippen LogP contribution is 2.26. The van der Waals surface area contributed by atoms with Gasteiger partial charge in [0.25, 0.3) is 0 Å². The van der Waals surface area contributed by atoms with Crippen LogP contribution < -0.4 is 10.6 Å². The molecule has 0 aromatic carbocycles.